The van der Waals surface area contributed by atoms with Crippen molar-refractivity contribution in [3.63, 3.8) is 0 Å². The lowest BCUT2D eigenvalue weighted by Gasteiger charge is -2.04. The molecule has 0 saturated heterocycles. The van der Waals surface area contributed by atoms with Gasteiger partial charge in [-0.25, -0.2) is 4.68 Å². The topological polar surface area (TPSA) is 80.5 Å². The maximum atomic E-state index is 8.93. The Balaban J connectivity index is 1.78. The zero-order valence-electron chi connectivity index (χ0n) is 12.0. The van der Waals surface area contributed by atoms with Crippen LogP contribution in [-0.2, 0) is 5.75 Å². The van der Waals surface area contributed by atoms with Gasteiger partial charge in [0.15, 0.2) is 5.82 Å². The van der Waals surface area contributed by atoms with Crippen molar-refractivity contribution in [1.29, 1.82) is 5.26 Å². The molecule has 3 aromatic rings. The Kier molecular flexibility index (Phi) is 4.51. The number of hydrogen-bond donors (Lipinski definition) is 1. The summed E-state index contributed by atoms with van der Waals surface area (Å²) in [5.74, 6) is 7.29. The number of hydrogen-bond acceptors (Lipinski definition) is 5. The number of aromatic nitrogens is 3. The van der Waals surface area contributed by atoms with Crippen LogP contribution >= 0.6 is 23.4 Å². The lowest BCUT2D eigenvalue weighted by molar-refractivity contribution is 0.849. The zero-order chi connectivity index (χ0) is 16.2. The molecule has 23 heavy (non-hydrogen) atoms. The standard InChI is InChI=1S/C16H12ClN5S/c17-14-6-2-5-13(8-14)15-20-21-16(22(15)19)23-10-12-4-1-3-11(7-12)9-18/h1-8H,10,19H2. The molecular formula is C16H12ClN5S. The van der Waals surface area contributed by atoms with Crippen LogP contribution in [0.5, 0.6) is 0 Å². The zero-order valence-corrected chi connectivity index (χ0v) is 13.6. The number of nitriles is 1. The lowest BCUT2D eigenvalue weighted by atomic mass is 10.2. The minimum Gasteiger partial charge on any atom is -0.335 e. The van der Waals surface area contributed by atoms with Crippen LogP contribution in [0.2, 0.25) is 5.02 Å². The first-order valence-electron chi connectivity index (χ1n) is 6.75. The molecule has 1 heterocycles. The third-order valence-corrected chi connectivity index (χ3v) is 4.42. The van der Waals surface area contributed by atoms with Crippen LogP contribution in [0.4, 0.5) is 0 Å². The molecule has 0 radical (unpaired) electrons. The number of thioether (sulfide) groups is 1. The van der Waals surface area contributed by atoms with Gasteiger partial charge in [0.2, 0.25) is 5.16 Å². The number of nitrogens with zero attached hydrogens (tertiary/aromatic N) is 4. The molecule has 5 nitrogen and oxygen atoms in total. The Morgan fingerprint density at radius 3 is 2.78 bits per heavy atom. The molecule has 0 spiro atoms. The molecule has 1 aromatic heterocycles. The monoisotopic (exact) mass is 341 g/mol. The summed E-state index contributed by atoms with van der Waals surface area (Å²) in [5.41, 5.74) is 2.48. The van der Waals surface area contributed by atoms with Crippen LogP contribution < -0.4 is 5.84 Å². The quantitative estimate of drug-likeness (QED) is 0.580. The average Bonchev–Trinajstić information content (AvgIpc) is 2.94. The van der Waals surface area contributed by atoms with E-state index in [4.69, 9.17) is 22.7 Å². The maximum Gasteiger partial charge on any atom is 0.210 e. The molecule has 0 fully saturated rings. The number of benzene rings is 2. The van der Waals surface area contributed by atoms with Crippen molar-refractivity contribution in [3.8, 4) is 17.5 Å². The number of nitrogen functional groups attached to an aromatic ring is 1. The van der Waals surface area contributed by atoms with E-state index in [1.165, 1.54) is 16.4 Å². The van der Waals surface area contributed by atoms with Gasteiger partial charge in [0, 0.05) is 16.3 Å². The molecule has 2 aromatic carbocycles. The second-order valence-corrected chi connectivity index (χ2v) is 6.17. The van der Waals surface area contributed by atoms with Gasteiger partial charge in [-0.15, -0.1) is 10.2 Å². The molecular weight excluding hydrogens is 330 g/mol. The van der Waals surface area contributed by atoms with Gasteiger partial charge in [-0.1, -0.05) is 47.6 Å². The largest absolute Gasteiger partial charge is 0.335 e. The fourth-order valence-electron chi connectivity index (χ4n) is 2.08. The molecule has 0 aliphatic carbocycles. The van der Waals surface area contributed by atoms with Crippen molar-refractivity contribution in [2.24, 2.45) is 0 Å². The van der Waals surface area contributed by atoms with Crippen molar-refractivity contribution in [2.75, 3.05) is 5.84 Å². The van der Waals surface area contributed by atoms with Crippen LogP contribution in [0.15, 0.2) is 53.7 Å². The third kappa shape index (κ3) is 3.47. The number of halogens is 1. The first kappa shape index (κ1) is 15.4. The summed E-state index contributed by atoms with van der Waals surface area (Å²) < 4.78 is 1.45. The van der Waals surface area contributed by atoms with Gasteiger partial charge < -0.3 is 5.84 Å². The van der Waals surface area contributed by atoms with E-state index in [2.05, 4.69) is 16.3 Å². The van der Waals surface area contributed by atoms with Crippen molar-refractivity contribution in [2.45, 2.75) is 10.9 Å². The minimum absolute atomic E-state index is 0.556. The van der Waals surface area contributed by atoms with Gasteiger partial charge in [-0.05, 0) is 29.8 Å². The smallest absolute Gasteiger partial charge is 0.210 e. The summed E-state index contributed by atoms with van der Waals surface area (Å²) in [4.78, 5) is 0. The predicted molar refractivity (Wildman–Crippen MR) is 91.3 cm³/mol. The summed E-state index contributed by atoms with van der Waals surface area (Å²) in [6.45, 7) is 0. The molecule has 0 aliphatic heterocycles. The first-order valence-corrected chi connectivity index (χ1v) is 8.12. The van der Waals surface area contributed by atoms with E-state index in [0.717, 1.165) is 11.1 Å². The highest BCUT2D eigenvalue weighted by Gasteiger charge is 2.12. The summed E-state index contributed by atoms with van der Waals surface area (Å²) >= 11 is 7.45. The highest BCUT2D eigenvalue weighted by Crippen LogP contribution is 2.25. The number of rotatable bonds is 4. The lowest BCUT2D eigenvalue weighted by Crippen LogP contribution is -2.11. The van der Waals surface area contributed by atoms with Gasteiger partial charge in [0.05, 0.1) is 11.6 Å². The molecule has 3 rings (SSSR count). The Morgan fingerprint density at radius 2 is 2.00 bits per heavy atom. The Labute approximate surface area is 142 Å². The molecule has 0 unspecified atom stereocenters. The van der Waals surface area contributed by atoms with E-state index in [9.17, 15) is 0 Å². The summed E-state index contributed by atoms with van der Waals surface area (Å²) in [5, 5.41) is 18.4. The first-order chi connectivity index (χ1) is 11.2. The van der Waals surface area contributed by atoms with Crippen molar-refractivity contribution < 1.29 is 0 Å². The third-order valence-electron chi connectivity index (χ3n) is 3.17. The second kappa shape index (κ2) is 6.73. The van der Waals surface area contributed by atoms with E-state index < -0.39 is 0 Å². The summed E-state index contributed by atoms with van der Waals surface area (Å²) in [6, 6.07) is 16.9. The number of nitrogens with two attached hydrogens (primary N) is 1. The maximum absolute atomic E-state index is 8.93. The van der Waals surface area contributed by atoms with E-state index in [0.29, 0.717) is 27.3 Å². The van der Waals surface area contributed by atoms with Gasteiger partial charge in [0.1, 0.15) is 0 Å². The van der Waals surface area contributed by atoms with Crippen molar-refractivity contribution >= 4 is 23.4 Å². The van der Waals surface area contributed by atoms with Crippen LogP contribution in [0.1, 0.15) is 11.1 Å². The Hall–Kier alpha value is -2.49. The molecule has 2 N–H and O–H groups in total. The van der Waals surface area contributed by atoms with Crippen LogP contribution in [0.3, 0.4) is 0 Å². The van der Waals surface area contributed by atoms with Gasteiger partial charge in [-0.2, -0.15) is 5.26 Å². The van der Waals surface area contributed by atoms with Crippen molar-refractivity contribution in [1.82, 2.24) is 14.9 Å². The highest BCUT2D eigenvalue weighted by atomic mass is 35.5. The molecule has 7 heteroatoms. The SMILES string of the molecule is N#Cc1cccc(CSc2nnc(-c3cccc(Cl)c3)n2N)c1. The van der Waals surface area contributed by atoms with Gasteiger partial charge >= 0.3 is 0 Å². The van der Waals surface area contributed by atoms with Gasteiger partial charge in [0.25, 0.3) is 0 Å². The van der Waals surface area contributed by atoms with E-state index in [1.807, 2.05) is 30.3 Å². The van der Waals surface area contributed by atoms with Crippen molar-refractivity contribution in [3.05, 3.63) is 64.7 Å². The summed E-state index contributed by atoms with van der Waals surface area (Å²) in [7, 11) is 0. The van der Waals surface area contributed by atoms with Crippen LogP contribution in [0, 0.1) is 11.3 Å². The molecule has 0 atom stereocenters. The average molecular weight is 342 g/mol. The predicted octanol–water partition coefficient (Wildman–Crippen LogP) is 3.48. The highest BCUT2D eigenvalue weighted by molar-refractivity contribution is 7.98. The van der Waals surface area contributed by atoms with Crippen LogP contribution in [-0.4, -0.2) is 14.9 Å². The summed E-state index contributed by atoms with van der Waals surface area (Å²) in [6.07, 6.45) is 0. The van der Waals surface area contributed by atoms with E-state index >= 15 is 0 Å². The molecule has 114 valence electrons. The van der Waals surface area contributed by atoms with Crippen LogP contribution in [0.25, 0.3) is 11.4 Å². The van der Waals surface area contributed by atoms with E-state index in [1.54, 1.807) is 18.2 Å². The fraction of sp³-hybridized carbons (Fsp3) is 0.0625. The van der Waals surface area contributed by atoms with Gasteiger partial charge in [-0.3, -0.25) is 0 Å². The molecule has 0 bridgehead atoms. The molecule has 0 aliphatic rings. The Bertz CT molecular complexity index is 884. The molecule has 0 amide bonds. The molecule has 0 saturated carbocycles. The normalized spacial score (nSPS) is 10.4. The fourth-order valence-corrected chi connectivity index (χ4v) is 3.07. The minimum atomic E-state index is 0.556. The van der Waals surface area contributed by atoms with E-state index in [-0.39, 0.29) is 0 Å². The second-order valence-electron chi connectivity index (χ2n) is 4.79. The Morgan fingerprint density at radius 1 is 1.17 bits per heavy atom.